The maximum absolute atomic E-state index is 11.5. The first-order valence-corrected chi connectivity index (χ1v) is 7.95. The molecule has 0 aromatic heterocycles. The first-order chi connectivity index (χ1) is 8.95. The predicted octanol–water partition coefficient (Wildman–Crippen LogP) is 2.71. The second-order valence-corrected chi connectivity index (χ2v) is 7.56. The zero-order valence-corrected chi connectivity index (χ0v) is 12.8. The van der Waals surface area contributed by atoms with Crippen molar-refractivity contribution in [3.8, 4) is 0 Å². The molecular weight excluding hydrogens is 236 g/mol. The lowest BCUT2D eigenvalue weighted by molar-refractivity contribution is -0.120. The van der Waals surface area contributed by atoms with Crippen LogP contribution in [0.25, 0.3) is 0 Å². The fraction of sp³-hybridized carbons (Fsp3) is 0.938. The van der Waals surface area contributed by atoms with Crippen LogP contribution < -0.4 is 10.6 Å². The van der Waals surface area contributed by atoms with E-state index in [9.17, 15) is 4.79 Å². The van der Waals surface area contributed by atoms with E-state index in [1.807, 2.05) is 0 Å². The molecule has 19 heavy (non-hydrogen) atoms. The molecule has 3 nitrogen and oxygen atoms in total. The van der Waals surface area contributed by atoms with Crippen molar-refractivity contribution in [3.63, 3.8) is 0 Å². The first kappa shape index (κ1) is 14.8. The molecule has 2 N–H and O–H groups in total. The van der Waals surface area contributed by atoms with Crippen molar-refractivity contribution in [2.75, 3.05) is 13.1 Å². The summed E-state index contributed by atoms with van der Waals surface area (Å²) in [5.41, 5.74) is 0.461. The number of rotatable bonds is 5. The van der Waals surface area contributed by atoms with Crippen LogP contribution in [0, 0.1) is 17.3 Å². The minimum absolute atomic E-state index is 0.172. The molecule has 2 rings (SSSR count). The van der Waals surface area contributed by atoms with E-state index in [2.05, 4.69) is 31.4 Å². The van der Waals surface area contributed by atoms with Gasteiger partial charge < -0.3 is 10.6 Å². The van der Waals surface area contributed by atoms with Gasteiger partial charge in [-0.2, -0.15) is 0 Å². The highest BCUT2D eigenvalue weighted by atomic mass is 16.2. The smallest absolute Gasteiger partial charge is 0.234 e. The molecular formula is C16H30N2O. The molecule has 2 aliphatic rings. The summed E-state index contributed by atoms with van der Waals surface area (Å²) < 4.78 is 0. The highest BCUT2D eigenvalue weighted by Crippen LogP contribution is 2.39. The van der Waals surface area contributed by atoms with Crippen molar-refractivity contribution in [1.82, 2.24) is 10.6 Å². The topological polar surface area (TPSA) is 41.1 Å². The lowest BCUT2D eigenvalue weighted by Crippen LogP contribution is -2.38. The van der Waals surface area contributed by atoms with E-state index in [1.54, 1.807) is 0 Å². The third-order valence-corrected chi connectivity index (χ3v) is 4.73. The van der Waals surface area contributed by atoms with Crippen LogP contribution in [0.3, 0.4) is 0 Å². The van der Waals surface area contributed by atoms with Gasteiger partial charge in [0.05, 0.1) is 6.54 Å². The second kappa shape index (κ2) is 6.25. The summed E-state index contributed by atoms with van der Waals surface area (Å²) in [5, 5.41) is 6.35. The second-order valence-electron chi connectivity index (χ2n) is 7.56. The average Bonchev–Trinajstić information content (AvgIpc) is 3.12. The SMILES string of the molecule is CC(C)(C)C1CCC(CNCC(=O)NC2CC2)CC1. The Labute approximate surface area is 117 Å². The number of nitrogens with one attached hydrogen (secondary N) is 2. The molecule has 0 aliphatic heterocycles. The van der Waals surface area contributed by atoms with E-state index in [-0.39, 0.29) is 5.91 Å². The standard InChI is InChI=1S/C16H30N2O/c1-16(2,3)13-6-4-12(5-7-13)10-17-11-15(19)18-14-8-9-14/h12-14,17H,4-11H2,1-3H3,(H,18,19). The fourth-order valence-electron chi connectivity index (χ4n) is 3.13. The Morgan fingerprint density at radius 3 is 2.21 bits per heavy atom. The minimum atomic E-state index is 0.172. The molecule has 2 saturated carbocycles. The van der Waals surface area contributed by atoms with Gasteiger partial charge in [0.25, 0.3) is 0 Å². The van der Waals surface area contributed by atoms with Crippen molar-refractivity contribution in [2.24, 2.45) is 17.3 Å². The normalized spacial score (nSPS) is 28.2. The van der Waals surface area contributed by atoms with Gasteiger partial charge in [-0.15, -0.1) is 0 Å². The quantitative estimate of drug-likeness (QED) is 0.803. The third kappa shape index (κ3) is 5.13. The molecule has 0 radical (unpaired) electrons. The summed E-state index contributed by atoms with van der Waals surface area (Å²) in [6, 6.07) is 0.483. The summed E-state index contributed by atoms with van der Waals surface area (Å²) in [5.74, 6) is 1.82. The van der Waals surface area contributed by atoms with Gasteiger partial charge in [0, 0.05) is 6.04 Å². The maximum Gasteiger partial charge on any atom is 0.234 e. The van der Waals surface area contributed by atoms with Crippen LogP contribution in [0.15, 0.2) is 0 Å². The Hall–Kier alpha value is -0.570. The fourth-order valence-corrected chi connectivity index (χ4v) is 3.13. The molecule has 2 fully saturated rings. The summed E-state index contributed by atoms with van der Waals surface area (Å²) >= 11 is 0. The van der Waals surface area contributed by atoms with Crippen molar-refractivity contribution in [3.05, 3.63) is 0 Å². The first-order valence-electron chi connectivity index (χ1n) is 7.95. The maximum atomic E-state index is 11.5. The van der Waals surface area contributed by atoms with Gasteiger partial charge in [-0.25, -0.2) is 0 Å². The number of amides is 1. The van der Waals surface area contributed by atoms with E-state index in [1.165, 1.54) is 38.5 Å². The van der Waals surface area contributed by atoms with Gasteiger partial charge in [-0.1, -0.05) is 20.8 Å². The van der Waals surface area contributed by atoms with Crippen LogP contribution in [0.2, 0.25) is 0 Å². The van der Waals surface area contributed by atoms with Crippen molar-refractivity contribution < 1.29 is 4.79 Å². The molecule has 110 valence electrons. The Balaban J connectivity index is 1.56. The molecule has 0 bridgehead atoms. The molecule has 3 heteroatoms. The minimum Gasteiger partial charge on any atom is -0.352 e. The van der Waals surface area contributed by atoms with E-state index >= 15 is 0 Å². The summed E-state index contributed by atoms with van der Waals surface area (Å²) in [6.07, 6.45) is 7.68. The highest BCUT2D eigenvalue weighted by Gasteiger charge is 2.29. The third-order valence-electron chi connectivity index (χ3n) is 4.73. The number of hydrogen-bond acceptors (Lipinski definition) is 2. The van der Waals surface area contributed by atoms with Crippen LogP contribution >= 0.6 is 0 Å². The van der Waals surface area contributed by atoms with Crippen molar-refractivity contribution in [2.45, 2.75) is 65.3 Å². The molecule has 2 aliphatic carbocycles. The summed E-state index contributed by atoms with van der Waals surface area (Å²) in [7, 11) is 0. The molecule has 1 amide bonds. The molecule has 0 aromatic rings. The average molecular weight is 266 g/mol. The van der Waals surface area contributed by atoms with Gasteiger partial charge >= 0.3 is 0 Å². The zero-order valence-electron chi connectivity index (χ0n) is 12.8. The Bertz CT molecular complexity index is 296. The van der Waals surface area contributed by atoms with E-state index in [0.717, 1.165) is 18.4 Å². The number of carbonyl (C=O) groups is 1. The summed E-state index contributed by atoms with van der Waals surface area (Å²) in [4.78, 5) is 11.5. The molecule has 0 heterocycles. The molecule has 0 atom stereocenters. The molecule has 0 aromatic carbocycles. The van der Waals surface area contributed by atoms with Gasteiger partial charge in [0.15, 0.2) is 0 Å². The Kier molecular flexibility index (Phi) is 4.88. The van der Waals surface area contributed by atoms with Crippen LogP contribution in [-0.2, 0) is 4.79 Å². The van der Waals surface area contributed by atoms with E-state index in [4.69, 9.17) is 0 Å². The van der Waals surface area contributed by atoms with Crippen LogP contribution in [0.4, 0.5) is 0 Å². The van der Waals surface area contributed by atoms with Gasteiger partial charge in [0.2, 0.25) is 5.91 Å². The van der Waals surface area contributed by atoms with Crippen LogP contribution in [-0.4, -0.2) is 25.0 Å². The molecule has 0 saturated heterocycles. The van der Waals surface area contributed by atoms with Crippen LogP contribution in [0.5, 0.6) is 0 Å². The molecule has 0 unspecified atom stereocenters. The zero-order chi connectivity index (χ0) is 13.9. The van der Waals surface area contributed by atoms with Gasteiger partial charge in [0.1, 0.15) is 0 Å². The lowest BCUT2D eigenvalue weighted by Gasteiger charge is -2.37. The van der Waals surface area contributed by atoms with Gasteiger partial charge in [-0.3, -0.25) is 4.79 Å². The Morgan fingerprint density at radius 2 is 1.68 bits per heavy atom. The van der Waals surface area contributed by atoms with Crippen molar-refractivity contribution in [1.29, 1.82) is 0 Å². The molecule has 0 spiro atoms. The Morgan fingerprint density at radius 1 is 1.05 bits per heavy atom. The predicted molar refractivity (Wildman–Crippen MR) is 78.9 cm³/mol. The van der Waals surface area contributed by atoms with Gasteiger partial charge in [-0.05, 0) is 62.3 Å². The number of hydrogen-bond donors (Lipinski definition) is 2. The lowest BCUT2D eigenvalue weighted by atomic mass is 9.70. The van der Waals surface area contributed by atoms with E-state index < -0.39 is 0 Å². The highest BCUT2D eigenvalue weighted by molar-refractivity contribution is 5.78. The largest absolute Gasteiger partial charge is 0.352 e. The van der Waals surface area contributed by atoms with Crippen LogP contribution in [0.1, 0.15) is 59.3 Å². The number of carbonyl (C=O) groups excluding carboxylic acids is 1. The van der Waals surface area contributed by atoms with Crippen molar-refractivity contribution >= 4 is 5.91 Å². The van der Waals surface area contributed by atoms with E-state index in [0.29, 0.717) is 18.0 Å². The monoisotopic (exact) mass is 266 g/mol. The summed E-state index contributed by atoms with van der Waals surface area (Å²) in [6.45, 7) is 8.58.